The van der Waals surface area contributed by atoms with Crippen LogP contribution in [0.15, 0.2) is 230 Å². The van der Waals surface area contributed by atoms with Crippen LogP contribution >= 0.6 is 0 Å². The Kier molecular flexibility index (Phi) is 24.8. The van der Waals surface area contributed by atoms with Gasteiger partial charge in [-0.05, 0) is 187 Å². The number of rotatable bonds is 9. The molecule has 6 aromatic heterocycles. The van der Waals surface area contributed by atoms with E-state index in [2.05, 4.69) is 156 Å². The molecule has 30 nitrogen and oxygen atoms in total. The third-order valence-electron chi connectivity index (χ3n) is 29.1. The number of hydrogen-bond donors (Lipinski definition) is 6. The van der Waals surface area contributed by atoms with E-state index < -0.39 is 0 Å². The zero-order valence-electron chi connectivity index (χ0n) is 81.9. The summed E-state index contributed by atoms with van der Waals surface area (Å²) in [6.07, 6.45) is 18.4. The zero-order chi connectivity index (χ0) is 99.9. The summed E-state index contributed by atoms with van der Waals surface area (Å²) in [5, 5.41) is 6.13. The number of allylic oxidation sites excluding steroid dienone is 9. The third-order valence-corrected chi connectivity index (χ3v) is 29.1. The molecule has 18 heterocycles. The molecular weight excluding hydrogens is 1780 g/mol. The highest BCUT2D eigenvalue weighted by Gasteiger charge is 2.43. The van der Waals surface area contributed by atoms with Crippen LogP contribution in [0.25, 0.3) is 100 Å². The Morgan fingerprint density at radius 3 is 0.837 bits per heavy atom. The molecule has 0 spiro atoms. The molecule has 24 rings (SSSR count). The first-order chi connectivity index (χ1) is 67.8. The van der Waals surface area contributed by atoms with Crippen LogP contribution in [0.4, 0.5) is 34.1 Å². The number of aromatic nitrogens is 6. The predicted octanol–water partition coefficient (Wildman–Crippen LogP) is 13.2. The molecular formula is C111H120N18O12. The molecule has 0 fully saturated rings. The lowest BCUT2D eigenvalue weighted by molar-refractivity contribution is 0.272. The van der Waals surface area contributed by atoms with Crippen LogP contribution in [0.2, 0.25) is 0 Å². The number of aryl methyl sites for hydroxylation is 9. The van der Waals surface area contributed by atoms with Crippen LogP contribution in [0, 0.1) is 20.8 Å². The molecule has 12 N–H and O–H groups in total. The van der Waals surface area contributed by atoms with Crippen molar-refractivity contribution in [1.29, 1.82) is 0 Å². The number of nitrogens with zero attached hydrogens (tertiary/aromatic N) is 12. The summed E-state index contributed by atoms with van der Waals surface area (Å²) in [7, 11) is 5.33. The molecule has 6 atom stereocenters. The normalized spacial score (nSPS) is 19.1. The van der Waals surface area contributed by atoms with Crippen molar-refractivity contribution in [3.63, 3.8) is 0 Å². The van der Waals surface area contributed by atoms with E-state index in [1.807, 2.05) is 84.0 Å². The highest BCUT2D eigenvalue weighted by Crippen LogP contribution is 2.56. The van der Waals surface area contributed by atoms with Gasteiger partial charge in [0.1, 0.15) is 39.6 Å². The number of hydrogen-bond acceptors (Lipinski definition) is 24. The lowest BCUT2D eigenvalue weighted by Crippen LogP contribution is -2.48. The van der Waals surface area contributed by atoms with Crippen molar-refractivity contribution in [2.24, 2.45) is 55.5 Å². The number of nitrogens with two attached hydrogens (primary N) is 6. The summed E-state index contributed by atoms with van der Waals surface area (Å²) in [5.41, 5.74) is 64.7. The highest BCUT2D eigenvalue weighted by molar-refractivity contribution is 6.07. The number of ether oxygens (including phenoxy) is 6. The summed E-state index contributed by atoms with van der Waals surface area (Å²) in [5.74, 6) is 4.53. The molecule has 0 bridgehead atoms. The fourth-order valence-electron chi connectivity index (χ4n) is 22.0. The minimum Gasteiger partial charge on any atom is -0.487 e. The maximum Gasteiger partial charge on any atom is 0.251 e. The van der Waals surface area contributed by atoms with Crippen LogP contribution < -0.4 is 126 Å². The summed E-state index contributed by atoms with van der Waals surface area (Å²) in [6, 6.07) is 28.5. The Labute approximate surface area is 815 Å². The molecule has 12 aliphatic rings. The molecule has 12 aromatic rings. The SMILES string of the molecule is C=C1C=C(C)c2cc3ccc(=O)n(C)c3c3c2N1C(CN)CO3.C=C1C=C(C)c2cc3ccc(=O)n(C)c3c3c2N1[C@@H](CN)CO3.C=C1C=C(C)c2cc3ccc(=O)n(CC)c3c3c2N1C(CN)CO3.C=C1C=Cc2cc3c(C)cc(=O)n(C)c3c3c2N1[C@@H](CN)CO3.C=C1C=Cc2cc3c(C)cc(=O)n(CC)c3c3c2N1C(CN)CO3.C=C1C=Cc2cc3c(C)cc(=O)n(CC)c3c3c2N1[C@@H](CN)CO3. The van der Waals surface area contributed by atoms with E-state index in [0.717, 1.165) is 235 Å². The Balaban J connectivity index is 0.000000108. The topological polar surface area (TPSA) is 363 Å². The van der Waals surface area contributed by atoms with Crippen LogP contribution in [0.1, 0.15) is 91.6 Å². The third kappa shape index (κ3) is 15.3. The molecule has 6 aromatic carbocycles. The van der Waals surface area contributed by atoms with Gasteiger partial charge in [-0.25, -0.2) is 0 Å². The molecule has 0 radical (unpaired) electrons. The van der Waals surface area contributed by atoms with Crippen LogP contribution in [-0.4, -0.2) is 143 Å². The Morgan fingerprint density at radius 1 is 0.284 bits per heavy atom. The van der Waals surface area contributed by atoms with Crippen molar-refractivity contribution >= 4 is 134 Å². The number of fused-ring (bicyclic) bond motifs is 12. The van der Waals surface area contributed by atoms with Crippen molar-refractivity contribution in [3.8, 4) is 34.5 Å². The molecule has 0 amide bonds. The molecule has 0 saturated carbocycles. The van der Waals surface area contributed by atoms with Gasteiger partial charge in [0.25, 0.3) is 33.4 Å². The number of benzene rings is 6. The van der Waals surface area contributed by atoms with Gasteiger partial charge in [-0.3, -0.25) is 28.8 Å². The van der Waals surface area contributed by atoms with Crippen LogP contribution in [0.5, 0.6) is 34.5 Å². The van der Waals surface area contributed by atoms with Crippen molar-refractivity contribution in [2.75, 3.05) is 108 Å². The fourth-order valence-corrected chi connectivity index (χ4v) is 22.0. The van der Waals surface area contributed by atoms with E-state index >= 15 is 0 Å². The quantitative estimate of drug-likeness (QED) is 0.0781. The van der Waals surface area contributed by atoms with Gasteiger partial charge in [0.2, 0.25) is 0 Å². The van der Waals surface area contributed by atoms with Gasteiger partial charge >= 0.3 is 0 Å². The first kappa shape index (κ1) is 94.8. The number of pyridine rings is 6. The largest absolute Gasteiger partial charge is 0.487 e. The molecule has 0 saturated heterocycles. The monoisotopic (exact) mass is 1900 g/mol. The van der Waals surface area contributed by atoms with Gasteiger partial charge in [-0.2, -0.15) is 0 Å². The molecule has 141 heavy (non-hydrogen) atoms. The van der Waals surface area contributed by atoms with Gasteiger partial charge in [-0.15, -0.1) is 0 Å². The maximum absolute atomic E-state index is 12.4. The van der Waals surface area contributed by atoms with E-state index in [4.69, 9.17) is 62.8 Å². The smallest absolute Gasteiger partial charge is 0.251 e. The summed E-state index contributed by atoms with van der Waals surface area (Å²) >= 11 is 0. The highest BCUT2D eigenvalue weighted by atomic mass is 16.5. The van der Waals surface area contributed by atoms with Crippen molar-refractivity contribution in [3.05, 3.63) is 313 Å². The van der Waals surface area contributed by atoms with E-state index in [1.165, 1.54) is 0 Å². The lowest BCUT2D eigenvalue weighted by Gasteiger charge is -2.42. The van der Waals surface area contributed by atoms with E-state index in [1.54, 1.807) is 84.9 Å². The second-order valence-corrected chi connectivity index (χ2v) is 37.5. The van der Waals surface area contributed by atoms with Gasteiger partial charge in [0, 0.05) is 216 Å². The second-order valence-electron chi connectivity index (χ2n) is 37.5. The molecule has 0 aliphatic carbocycles. The summed E-state index contributed by atoms with van der Waals surface area (Å²) < 4.78 is 46.9. The zero-order valence-corrected chi connectivity index (χ0v) is 81.9. The van der Waals surface area contributed by atoms with E-state index in [9.17, 15) is 28.8 Å². The van der Waals surface area contributed by atoms with Crippen molar-refractivity contribution in [2.45, 2.75) is 118 Å². The Morgan fingerprint density at radius 2 is 0.532 bits per heavy atom. The van der Waals surface area contributed by atoms with Crippen LogP contribution in [-0.2, 0) is 40.8 Å². The first-order valence-electron chi connectivity index (χ1n) is 47.9. The molecule has 726 valence electrons. The predicted molar refractivity (Wildman–Crippen MR) is 571 cm³/mol. The second kappa shape index (κ2) is 36.9. The summed E-state index contributed by atoms with van der Waals surface area (Å²) in [4.78, 5) is 86.4. The van der Waals surface area contributed by atoms with Crippen molar-refractivity contribution in [1.82, 2.24) is 27.4 Å². The standard InChI is InChI=1S/3C19H21N3O2.3C18H19N3O2/c1-4-21-16(23)6-5-13-8-15-11(2)7-12(3)22-14(9-20)10-24-19(17(13)21)18(15)22;2*1-4-21-16(23)7-11(2)15-8-13-6-5-12(3)22-14(9-20)10-24-19(17(13)22)18(15)21;2*1-10-6-11(2)21-13(8-19)9-23-18-16-12(7-14(10)17(18)21)4-5-15(22)20(16)3;1-10-6-15(22)20(3)17-14(10)7-12-5-4-11(2)21-13(8-19)9-23-18(17)16(12)21/h3*5-8,14H,3-4,9-10,20H2,1-2H3;3*4-7,13H,2,8-9,19H2,1,3H3/t;14-;;13-;;13-/m.0.0.0/s1. The fraction of sp³-hybridized carbons (Fsp3) is 0.297. The summed E-state index contributed by atoms with van der Waals surface area (Å²) in [6.45, 7) is 50.6. The lowest BCUT2D eigenvalue weighted by atomic mass is 9.93. The maximum atomic E-state index is 12.4. The molecule has 3 unspecified atom stereocenters. The molecule has 30 heteroatoms. The van der Waals surface area contributed by atoms with Gasteiger partial charge < -0.3 is 120 Å². The Bertz CT molecular complexity index is 7800. The van der Waals surface area contributed by atoms with Gasteiger partial charge in [0.15, 0.2) is 34.5 Å². The first-order valence-corrected chi connectivity index (χ1v) is 47.9. The average molecular weight is 1900 g/mol. The van der Waals surface area contributed by atoms with Gasteiger partial charge in [0.05, 0.1) is 103 Å². The van der Waals surface area contributed by atoms with Crippen molar-refractivity contribution < 1.29 is 28.4 Å². The minimum absolute atomic E-state index is 0.0000219. The van der Waals surface area contributed by atoms with E-state index in [-0.39, 0.29) is 69.6 Å². The van der Waals surface area contributed by atoms with Crippen LogP contribution in [0.3, 0.4) is 0 Å². The Hall–Kier alpha value is -15.2. The number of anilines is 6. The van der Waals surface area contributed by atoms with E-state index in [0.29, 0.717) is 98.5 Å². The average Bonchev–Trinajstić information content (AvgIpc) is 0.746. The van der Waals surface area contributed by atoms with Gasteiger partial charge in [-0.1, -0.05) is 57.7 Å². The molecule has 12 aliphatic heterocycles. The minimum atomic E-state index is -0.0494.